The number of hydrogen-bond acceptors (Lipinski definition) is 4. The van der Waals surface area contributed by atoms with Gasteiger partial charge in [-0.1, -0.05) is 19.3 Å². The number of halogens is 2. The van der Waals surface area contributed by atoms with E-state index >= 15 is 0 Å². The van der Waals surface area contributed by atoms with Crippen LogP contribution in [0.5, 0.6) is 0 Å². The van der Waals surface area contributed by atoms with Crippen molar-refractivity contribution in [2.75, 3.05) is 30.3 Å². The molecule has 1 aliphatic carbocycles. The smallest absolute Gasteiger partial charge is 0.238 e. The molecule has 2 atom stereocenters. The van der Waals surface area contributed by atoms with Crippen LogP contribution in [0.2, 0.25) is 0 Å². The molecule has 1 saturated carbocycles. The Hall–Kier alpha value is -1.34. The third kappa shape index (κ3) is 8.51. The van der Waals surface area contributed by atoms with Crippen molar-refractivity contribution < 1.29 is 9.59 Å². The van der Waals surface area contributed by atoms with Gasteiger partial charge in [-0.15, -0.1) is 24.8 Å². The fourth-order valence-electron chi connectivity index (χ4n) is 4.01. The summed E-state index contributed by atoms with van der Waals surface area (Å²) in [5.41, 5.74) is 7.39. The van der Waals surface area contributed by atoms with Crippen molar-refractivity contribution in [3.8, 4) is 0 Å². The van der Waals surface area contributed by atoms with Crippen molar-refractivity contribution in [1.29, 1.82) is 0 Å². The molecule has 6 nitrogen and oxygen atoms in total. The fourth-order valence-corrected chi connectivity index (χ4v) is 4.01. The maximum atomic E-state index is 12.3. The third-order valence-corrected chi connectivity index (χ3v) is 5.60. The first-order chi connectivity index (χ1) is 13.1. The Morgan fingerprint density at radius 3 is 2.00 bits per heavy atom. The van der Waals surface area contributed by atoms with Crippen LogP contribution in [0.3, 0.4) is 0 Å². The molecule has 0 spiro atoms. The van der Waals surface area contributed by atoms with Gasteiger partial charge in [-0.2, -0.15) is 0 Å². The van der Waals surface area contributed by atoms with Crippen LogP contribution in [0.15, 0.2) is 24.3 Å². The lowest BCUT2D eigenvalue weighted by molar-refractivity contribution is -0.120. The molecule has 3 rings (SSSR count). The molecule has 0 aromatic heterocycles. The van der Waals surface area contributed by atoms with Crippen molar-refractivity contribution in [1.82, 2.24) is 4.90 Å². The standard InChI is InChI=1S/C21H32N4O2.2ClH/c22-17-7-6-16(14-17)21(27)24-19-10-8-18(9-11-19)23-20(26)15-25-12-4-2-1-3-5-13-25;;/h8-11,16-17H,1-7,12-15,22H2,(H,23,26)(H,24,27);2*1H. The van der Waals surface area contributed by atoms with Crippen LogP contribution in [0.1, 0.15) is 51.4 Å². The molecule has 4 N–H and O–H groups in total. The molecule has 164 valence electrons. The van der Waals surface area contributed by atoms with Crippen LogP contribution in [-0.4, -0.2) is 42.4 Å². The molecule has 1 aromatic rings. The van der Waals surface area contributed by atoms with Gasteiger partial charge >= 0.3 is 0 Å². The van der Waals surface area contributed by atoms with Gasteiger partial charge in [0.05, 0.1) is 6.54 Å². The van der Waals surface area contributed by atoms with Gasteiger partial charge in [-0.3, -0.25) is 14.5 Å². The predicted octanol–water partition coefficient (Wildman–Crippen LogP) is 3.80. The molecule has 2 fully saturated rings. The number of nitrogens with two attached hydrogens (primary N) is 1. The molecule has 2 amide bonds. The summed E-state index contributed by atoms with van der Waals surface area (Å²) >= 11 is 0. The number of hydrogen-bond donors (Lipinski definition) is 3. The Morgan fingerprint density at radius 2 is 1.45 bits per heavy atom. The minimum Gasteiger partial charge on any atom is -0.328 e. The molecule has 2 aliphatic rings. The second-order valence-electron chi connectivity index (χ2n) is 7.93. The number of benzene rings is 1. The van der Waals surface area contributed by atoms with Crippen LogP contribution >= 0.6 is 24.8 Å². The highest BCUT2D eigenvalue weighted by Crippen LogP contribution is 2.25. The third-order valence-electron chi connectivity index (χ3n) is 5.60. The van der Waals surface area contributed by atoms with Crippen LogP contribution in [0.4, 0.5) is 11.4 Å². The van der Waals surface area contributed by atoms with Crippen LogP contribution in [0, 0.1) is 5.92 Å². The molecule has 8 heteroatoms. The van der Waals surface area contributed by atoms with Gasteiger partial charge in [0.25, 0.3) is 0 Å². The van der Waals surface area contributed by atoms with Crippen LogP contribution < -0.4 is 16.4 Å². The highest BCUT2D eigenvalue weighted by Gasteiger charge is 2.27. The summed E-state index contributed by atoms with van der Waals surface area (Å²) in [5, 5.41) is 5.90. The Kier molecular flexibility index (Phi) is 11.6. The van der Waals surface area contributed by atoms with Gasteiger partial charge in [0, 0.05) is 23.3 Å². The van der Waals surface area contributed by atoms with E-state index in [0.29, 0.717) is 6.54 Å². The normalized spacial score (nSPS) is 22.4. The van der Waals surface area contributed by atoms with Gasteiger partial charge in [0.2, 0.25) is 11.8 Å². The molecule has 1 aliphatic heterocycles. The van der Waals surface area contributed by atoms with Gasteiger partial charge < -0.3 is 16.4 Å². The van der Waals surface area contributed by atoms with E-state index in [9.17, 15) is 9.59 Å². The van der Waals surface area contributed by atoms with Crippen molar-refractivity contribution in [2.24, 2.45) is 11.7 Å². The number of likely N-dealkylation sites (tertiary alicyclic amines) is 1. The molecule has 1 heterocycles. The number of amides is 2. The number of rotatable bonds is 5. The predicted molar refractivity (Wildman–Crippen MR) is 123 cm³/mol. The largest absolute Gasteiger partial charge is 0.328 e. The van der Waals surface area contributed by atoms with Crippen molar-refractivity contribution in [2.45, 2.75) is 57.4 Å². The molecule has 1 saturated heterocycles. The molecule has 0 radical (unpaired) electrons. The van der Waals surface area contributed by atoms with E-state index in [2.05, 4.69) is 15.5 Å². The lowest BCUT2D eigenvalue weighted by Crippen LogP contribution is -2.35. The number of carbonyl (C=O) groups is 2. The Labute approximate surface area is 186 Å². The first kappa shape index (κ1) is 25.7. The Balaban J connectivity index is 0.00000210. The summed E-state index contributed by atoms with van der Waals surface area (Å²) in [6, 6.07) is 7.48. The maximum Gasteiger partial charge on any atom is 0.238 e. The van der Waals surface area contributed by atoms with E-state index < -0.39 is 0 Å². The van der Waals surface area contributed by atoms with Crippen LogP contribution in [0.25, 0.3) is 0 Å². The van der Waals surface area contributed by atoms with E-state index in [1.165, 1.54) is 32.1 Å². The summed E-state index contributed by atoms with van der Waals surface area (Å²) < 4.78 is 0. The van der Waals surface area contributed by atoms with E-state index in [1.54, 1.807) is 0 Å². The summed E-state index contributed by atoms with van der Waals surface area (Å²) in [6.45, 7) is 2.45. The highest BCUT2D eigenvalue weighted by atomic mass is 35.5. The Morgan fingerprint density at radius 1 is 0.897 bits per heavy atom. The van der Waals surface area contributed by atoms with Crippen molar-refractivity contribution in [3.63, 3.8) is 0 Å². The second-order valence-corrected chi connectivity index (χ2v) is 7.93. The summed E-state index contributed by atoms with van der Waals surface area (Å²) in [7, 11) is 0. The molecule has 0 bridgehead atoms. The maximum absolute atomic E-state index is 12.3. The van der Waals surface area contributed by atoms with Crippen LogP contribution in [-0.2, 0) is 9.59 Å². The monoisotopic (exact) mass is 444 g/mol. The topological polar surface area (TPSA) is 87.5 Å². The second kappa shape index (κ2) is 13.1. The number of nitrogens with one attached hydrogen (secondary N) is 2. The van der Waals surface area contributed by atoms with E-state index in [-0.39, 0.29) is 48.6 Å². The molecular weight excluding hydrogens is 411 g/mol. The zero-order valence-electron chi connectivity index (χ0n) is 16.9. The van der Waals surface area contributed by atoms with E-state index in [0.717, 1.165) is 43.7 Å². The summed E-state index contributed by atoms with van der Waals surface area (Å²) in [5.74, 6) is 0.0707. The lowest BCUT2D eigenvalue weighted by Gasteiger charge is -2.23. The van der Waals surface area contributed by atoms with E-state index in [1.807, 2.05) is 24.3 Å². The van der Waals surface area contributed by atoms with E-state index in [4.69, 9.17) is 5.73 Å². The van der Waals surface area contributed by atoms with Gasteiger partial charge in [-0.05, 0) is 69.5 Å². The minimum atomic E-state index is 0. The van der Waals surface area contributed by atoms with Gasteiger partial charge in [0.15, 0.2) is 0 Å². The van der Waals surface area contributed by atoms with Gasteiger partial charge in [-0.25, -0.2) is 0 Å². The lowest BCUT2D eigenvalue weighted by atomic mass is 10.1. The first-order valence-electron chi connectivity index (χ1n) is 10.3. The number of anilines is 2. The summed E-state index contributed by atoms with van der Waals surface area (Å²) in [6.07, 6.45) is 8.72. The minimum absolute atomic E-state index is 0. The Bertz CT molecular complexity index is 634. The SMILES string of the molecule is Cl.Cl.NC1CCC(C(=O)Nc2ccc(NC(=O)CN3CCCCCCC3)cc2)C1. The number of nitrogens with zero attached hydrogens (tertiary/aromatic N) is 1. The van der Waals surface area contributed by atoms with Crippen molar-refractivity contribution >= 4 is 48.0 Å². The summed E-state index contributed by atoms with van der Waals surface area (Å²) in [4.78, 5) is 26.8. The highest BCUT2D eigenvalue weighted by molar-refractivity contribution is 5.94. The first-order valence-corrected chi connectivity index (χ1v) is 10.3. The molecule has 1 aromatic carbocycles. The molecular formula is C21H34Cl2N4O2. The van der Waals surface area contributed by atoms with Crippen molar-refractivity contribution in [3.05, 3.63) is 24.3 Å². The molecule has 2 unspecified atom stereocenters. The zero-order valence-corrected chi connectivity index (χ0v) is 18.5. The molecule has 29 heavy (non-hydrogen) atoms. The van der Waals surface area contributed by atoms with Gasteiger partial charge in [0.1, 0.15) is 0 Å². The average Bonchev–Trinajstić information content (AvgIpc) is 3.05. The average molecular weight is 445 g/mol. The number of carbonyl (C=O) groups excluding carboxylic acids is 2. The quantitative estimate of drug-likeness (QED) is 0.644. The fraction of sp³-hybridized carbons (Fsp3) is 0.619. The zero-order chi connectivity index (χ0) is 19.1.